The summed E-state index contributed by atoms with van der Waals surface area (Å²) in [4.78, 5) is 28.7. The highest BCUT2D eigenvalue weighted by Crippen LogP contribution is 2.19. The first-order valence-corrected chi connectivity index (χ1v) is 9.59. The fraction of sp³-hybridized carbons (Fsp3) is 0.261. The minimum atomic E-state index is -0.599. The third-order valence-electron chi connectivity index (χ3n) is 4.23. The number of nitrogens with zero attached hydrogens (tertiary/aromatic N) is 1. The Morgan fingerprint density at radius 1 is 1.03 bits per heavy atom. The number of ether oxygens (including phenoxy) is 1. The van der Waals surface area contributed by atoms with E-state index in [4.69, 9.17) is 4.74 Å². The summed E-state index contributed by atoms with van der Waals surface area (Å²) < 4.78 is 5.22. The molecule has 2 amide bonds. The quantitative estimate of drug-likeness (QED) is 0.593. The van der Waals surface area contributed by atoms with Crippen LogP contribution in [0.1, 0.15) is 42.3 Å². The Labute approximate surface area is 175 Å². The third-order valence-corrected chi connectivity index (χ3v) is 4.23. The van der Waals surface area contributed by atoms with Crippen molar-refractivity contribution in [2.24, 2.45) is 0 Å². The molecule has 0 spiro atoms. The van der Waals surface area contributed by atoms with Gasteiger partial charge in [0, 0.05) is 35.6 Å². The average molecular weight is 407 g/mol. The lowest BCUT2D eigenvalue weighted by molar-refractivity contribution is 0.0523. The van der Waals surface area contributed by atoms with E-state index >= 15 is 0 Å². The lowest BCUT2D eigenvalue weighted by atomic mass is 10.0. The van der Waals surface area contributed by atoms with Crippen LogP contribution in [0.4, 0.5) is 10.5 Å². The Balaban J connectivity index is 1.74. The molecule has 3 rings (SSSR count). The van der Waals surface area contributed by atoms with Crippen LogP contribution in [0, 0.1) is 0 Å². The summed E-state index contributed by atoms with van der Waals surface area (Å²) in [6.07, 6.45) is 2.91. The van der Waals surface area contributed by atoms with Crippen molar-refractivity contribution < 1.29 is 19.4 Å². The predicted molar refractivity (Wildman–Crippen MR) is 115 cm³/mol. The number of nitrogens with one attached hydrogen (secondary N) is 2. The Hall–Kier alpha value is -3.45. The molecule has 0 unspecified atom stereocenters. The van der Waals surface area contributed by atoms with Crippen molar-refractivity contribution >= 4 is 28.5 Å². The van der Waals surface area contributed by atoms with Crippen molar-refractivity contribution in [3.8, 4) is 0 Å². The molecule has 3 N–H and O–H groups in total. The van der Waals surface area contributed by atoms with Gasteiger partial charge in [-0.2, -0.15) is 0 Å². The molecule has 1 aromatic heterocycles. The summed E-state index contributed by atoms with van der Waals surface area (Å²) >= 11 is 0. The van der Waals surface area contributed by atoms with Crippen LogP contribution in [-0.2, 0) is 17.9 Å². The number of anilines is 1. The van der Waals surface area contributed by atoms with Crippen LogP contribution in [0.5, 0.6) is 0 Å². The number of carbonyl (C=O) groups excluding carboxylic acids is 2. The average Bonchev–Trinajstić information content (AvgIpc) is 2.70. The van der Waals surface area contributed by atoms with Gasteiger partial charge in [0.25, 0.3) is 5.91 Å². The van der Waals surface area contributed by atoms with E-state index in [-0.39, 0.29) is 19.1 Å². The van der Waals surface area contributed by atoms with Crippen LogP contribution in [0.3, 0.4) is 0 Å². The maximum atomic E-state index is 12.8. The summed E-state index contributed by atoms with van der Waals surface area (Å²) in [5.41, 5.74) is 1.70. The molecular formula is C23H25N3O4. The minimum Gasteiger partial charge on any atom is -0.444 e. The monoisotopic (exact) mass is 407 g/mol. The number of aromatic nitrogens is 1. The van der Waals surface area contributed by atoms with Crippen molar-refractivity contribution in [2.45, 2.75) is 39.5 Å². The number of aliphatic hydroxyl groups excluding tert-OH is 1. The zero-order valence-electron chi connectivity index (χ0n) is 17.2. The molecule has 7 heteroatoms. The number of aliphatic hydroxyl groups is 1. The van der Waals surface area contributed by atoms with E-state index in [1.165, 1.54) is 0 Å². The van der Waals surface area contributed by atoms with Gasteiger partial charge in [-0.1, -0.05) is 12.1 Å². The van der Waals surface area contributed by atoms with Crippen LogP contribution >= 0.6 is 0 Å². The van der Waals surface area contributed by atoms with Crippen LogP contribution in [0.15, 0.2) is 54.9 Å². The zero-order valence-corrected chi connectivity index (χ0v) is 17.2. The number of pyridine rings is 1. The molecule has 2 aromatic carbocycles. The SMILES string of the molecule is CC(C)(C)OC(=O)NCc1cc(CO)cc(C(=O)Nc2ccc3cnccc3c2)c1. The fourth-order valence-electron chi connectivity index (χ4n) is 2.94. The van der Waals surface area contributed by atoms with Gasteiger partial charge in [0.15, 0.2) is 0 Å². The zero-order chi connectivity index (χ0) is 21.7. The Bertz CT molecular complexity index is 1070. The number of rotatable bonds is 5. The van der Waals surface area contributed by atoms with Crippen LogP contribution in [0.25, 0.3) is 10.8 Å². The maximum Gasteiger partial charge on any atom is 0.407 e. The van der Waals surface area contributed by atoms with Crippen molar-refractivity contribution in [1.29, 1.82) is 0 Å². The smallest absolute Gasteiger partial charge is 0.407 e. The largest absolute Gasteiger partial charge is 0.444 e. The molecule has 0 saturated carbocycles. The molecule has 156 valence electrons. The number of alkyl carbamates (subject to hydrolysis) is 1. The normalized spacial score (nSPS) is 11.2. The van der Waals surface area contributed by atoms with E-state index in [9.17, 15) is 14.7 Å². The van der Waals surface area contributed by atoms with Gasteiger partial charge in [-0.15, -0.1) is 0 Å². The van der Waals surface area contributed by atoms with Crippen molar-refractivity contribution in [2.75, 3.05) is 5.32 Å². The standard InChI is InChI=1S/C23H25N3O4/c1-23(2,3)30-22(29)25-12-15-8-16(14-27)10-19(9-15)21(28)26-20-5-4-18-13-24-7-6-17(18)11-20/h4-11,13,27H,12,14H2,1-3H3,(H,25,29)(H,26,28). The van der Waals surface area contributed by atoms with E-state index in [1.807, 2.05) is 24.3 Å². The molecule has 0 radical (unpaired) electrons. The Kier molecular flexibility index (Phi) is 6.32. The Morgan fingerprint density at radius 3 is 2.53 bits per heavy atom. The maximum absolute atomic E-state index is 12.8. The highest BCUT2D eigenvalue weighted by atomic mass is 16.6. The van der Waals surface area contributed by atoms with Gasteiger partial charge in [-0.3, -0.25) is 9.78 Å². The first-order valence-electron chi connectivity index (χ1n) is 9.59. The van der Waals surface area contributed by atoms with Crippen LogP contribution < -0.4 is 10.6 Å². The van der Waals surface area contributed by atoms with E-state index in [0.717, 1.165) is 10.8 Å². The fourth-order valence-corrected chi connectivity index (χ4v) is 2.94. The minimum absolute atomic E-state index is 0.173. The summed E-state index contributed by atoms with van der Waals surface area (Å²) in [5, 5.41) is 17.0. The molecule has 0 atom stereocenters. The molecule has 0 aliphatic heterocycles. The summed E-state index contributed by atoms with van der Waals surface area (Å²) in [6, 6.07) is 12.5. The van der Waals surface area contributed by atoms with Gasteiger partial charge in [-0.25, -0.2) is 4.79 Å². The van der Waals surface area contributed by atoms with Gasteiger partial charge in [0.05, 0.1) is 6.61 Å². The van der Waals surface area contributed by atoms with Crippen LogP contribution in [0.2, 0.25) is 0 Å². The molecule has 7 nitrogen and oxygen atoms in total. The van der Waals surface area contributed by atoms with Gasteiger partial charge >= 0.3 is 6.09 Å². The first kappa shape index (κ1) is 21.3. The first-order chi connectivity index (χ1) is 14.2. The lowest BCUT2D eigenvalue weighted by Crippen LogP contribution is -2.32. The molecule has 30 heavy (non-hydrogen) atoms. The second-order valence-corrected chi connectivity index (χ2v) is 7.94. The number of amides is 2. The molecular weight excluding hydrogens is 382 g/mol. The van der Waals surface area contributed by atoms with E-state index < -0.39 is 11.7 Å². The summed E-state index contributed by atoms with van der Waals surface area (Å²) in [7, 11) is 0. The predicted octanol–water partition coefficient (Wildman–Crippen LogP) is 4.00. The second-order valence-electron chi connectivity index (χ2n) is 7.94. The lowest BCUT2D eigenvalue weighted by Gasteiger charge is -2.19. The molecule has 0 fully saturated rings. The molecule has 0 saturated heterocycles. The van der Waals surface area contributed by atoms with Crippen LogP contribution in [-0.4, -0.2) is 27.7 Å². The molecule has 0 aliphatic rings. The van der Waals surface area contributed by atoms with Crippen molar-refractivity contribution in [3.05, 3.63) is 71.5 Å². The van der Waals surface area contributed by atoms with Gasteiger partial charge in [-0.05, 0) is 67.6 Å². The topological polar surface area (TPSA) is 101 Å². The Morgan fingerprint density at radius 2 is 1.80 bits per heavy atom. The van der Waals surface area contributed by atoms with Crippen molar-refractivity contribution in [3.63, 3.8) is 0 Å². The highest BCUT2D eigenvalue weighted by molar-refractivity contribution is 6.05. The second kappa shape index (κ2) is 8.92. The summed E-state index contributed by atoms with van der Waals surface area (Å²) in [6.45, 7) is 5.30. The molecule has 0 aliphatic carbocycles. The van der Waals surface area contributed by atoms with E-state index in [1.54, 1.807) is 51.4 Å². The summed E-state index contributed by atoms with van der Waals surface area (Å²) in [5.74, 6) is -0.308. The van der Waals surface area contributed by atoms with Crippen molar-refractivity contribution in [1.82, 2.24) is 10.3 Å². The van der Waals surface area contributed by atoms with Gasteiger partial charge < -0.3 is 20.5 Å². The van der Waals surface area contributed by atoms with Gasteiger partial charge in [0.2, 0.25) is 0 Å². The molecule has 3 aromatic rings. The van der Waals surface area contributed by atoms with E-state index in [0.29, 0.717) is 22.4 Å². The third kappa shape index (κ3) is 5.78. The molecule has 0 bridgehead atoms. The number of fused-ring (bicyclic) bond motifs is 1. The number of benzene rings is 2. The number of hydrogen-bond acceptors (Lipinski definition) is 5. The number of carbonyl (C=O) groups is 2. The van der Waals surface area contributed by atoms with E-state index in [2.05, 4.69) is 15.6 Å². The highest BCUT2D eigenvalue weighted by Gasteiger charge is 2.16. The van der Waals surface area contributed by atoms with Gasteiger partial charge in [0.1, 0.15) is 5.60 Å². The molecule has 1 heterocycles. The number of hydrogen-bond donors (Lipinski definition) is 3.